The maximum atomic E-state index is 12.1. The number of thioether (sulfide) groups is 1. The Bertz CT molecular complexity index is 476. The molecule has 0 bridgehead atoms. The molecule has 2 N–H and O–H groups in total. The van der Waals surface area contributed by atoms with Gasteiger partial charge >= 0.3 is 0 Å². The second-order valence-electron chi connectivity index (χ2n) is 4.22. The Kier molecular flexibility index (Phi) is 4.04. The molecule has 1 aliphatic rings. The van der Waals surface area contributed by atoms with Gasteiger partial charge in [-0.3, -0.25) is 4.79 Å². The van der Waals surface area contributed by atoms with Gasteiger partial charge in [-0.2, -0.15) is 0 Å². The Balaban J connectivity index is 2.41. The molecule has 0 aliphatic carbocycles. The maximum Gasteiger partial charge on any atom is 0.240 e. The zero-order chi connectivity index (χ0) is 13.1. The largest absolute Gasteiger partial charge is 0.330 e. The van der Waals surface area contributed by atoms with Crippen molar-refractivity contribution in [2.45, 2.75) is 23.5 Å². The van der Waals surface area contributed by atoms with Gasteiger partial charge < -0.3 is 15.4 Å². The minimum absolute atomic E-state index is 0.00972. The lowest BCUT2D eigenvalue weighted by Crippen LogP contribution is -2.40. The highest BCUT2D eigenvalue weighted by Crippen LogP contribution is 2.39. The summed E-state index contributed by atoms with van der Waals surface area (Å²) in [6.07, 6.45) is 1.54. The van der Waals surface area contributed by atoms with Crippen molar-refractivity contribution in [1.29, 1.82) is 0 Å². The predicted molar refractivity (Wildman–Crippen MR) is 72.9 cm³/mol. The fraction of sp³-hybridized carbons (Fsp3) is 0.385. The van der Waals surface area contributed by atoms with Gasteiger partial charge in [-0.05, 0) is 37.6 Å². The molecule has 5 heteroatoms. The van der Waals surface area contributed by atoms with Gasteiger partial charge in [0.15, 0.2) is 0 Å². The van der Waals surface area contributed by atoms with Gasteiger partial charge in [-0.15, -0.1) is 11.8 Å². The van der Waals surface area contributed by atoms with Crippen molar-refractivity contribution in [2.75, 3.05) is 18.0 Å². The van der Waals surface area contributed by atoms with Crippen molar-refractivity contribution in [1.82, 2.24) is 0 Å². The molecule has 1 aliphatic heterocycles. The third-order valence-electron chi connectivity index (χ3n) is 2.92. The summed E-state index contributed by atoms with van der Waals surface area (Å²) >= 11 is 1.54. The van der Waals surface area contributed by atoms with E-state index >= 15 is 0 Å². The minimum atomic E-state index is -0.141. The van der Waals surface area contributed by atoms with E-state index in [1.807, 2.05) is 25.1 Å². The van der Waals surface area contributed by atoms with Crippen LogP contribution in [0.5, 0.6) is 0 Å². The Labute approximate surface area is 111 Å². The van der Waals surface area contributed by atoms with Crippen molar-refractivity contribution in [3.63, 3.8) is 0 Å². The van der Waals surface area contributed by atoms with E-state index < -0.39 is 0 Å². The second kappa shape index (κ2) is 5.54. The number of aldehydes is 1. The summed E-state index contributed by atoms with van der Waals surface area (Å²) in [6.45, 7) is 2.55. The number of hydrogen-bond acceptors (Lipinski definition) is 4. The Morgan fingerprint density at radius 2 is 2.28 bits per heavy atom. The van der Waals surface area contributed by atoms with E-state index in [0.717, 1.165) is 28.9 Å². The summed E-state index contributed by atoms with van der Waals surface area (Å²) in [4.78, 5) is 25.4. The van der Waals surface area contributed by atoms with Crippen LogP contribution >= 0.6 is 11.8 Å². The van der Waals surface area contributed by atoms with Crippen molar-refractivity contribution in [3.8, 4) is 0 Å². The third kappa shape index (κ3) is 2.42. The number of hydrogen-bond donors (Lipinski definition) is 1. The van der Waals surface area contributed by atoms with E-state index in [2.05, 4.69) is 0 Å². The number of carbonyl (C=O) groups is 2. The summed E-state index contributed by atoms with van der Waals surface area (Å²) in [6, 6.07) is 5.99. The van der Waals surface area contributed by atoms with Gasteiger partial charge in [0.25, 0.3) is 0 Å². The number of rotatable bonds is 4. The maximum absolute atomic E-state index is 12.1. The van der Waals surface area contributed by atoms with Crippen LogP contribution in [0.2, 0.25) is 0 Å². The number of nitrogens with two attached hydrogens (primary N) is 1. The number of carbonyl (C=O) groups excluding carboxylic acids is 2. The zero-order valence-corrected chi connectivity index (χ0v) is 11.1. The van der Waals surface area contributed by atoms with E-state index in [9.17, 15) is 9.59 Å². The van der Waals surface area contributed by atoms with E-state index in [-0.39, 0.29) is 17.7 Å². The number of anilines is 1. The smallest absolute Gasteiger partial charge is 0.240 e. The lowest BCUT2D eigenvalue weighted by Gasteiger charge is -2.31. The Hall–Kier alpha value is -1.33. The SMILES string of the molecule is CC1Sc2ccc(CCN)cc2N(CC=O)C1=O. The van der Waals surface area contributed by atoms with Crippen LogP contribution in [0.1, 0.15) is 12.5 Å². The number of fused-ring (bicyclic) bond motifs is 1. The van der Waals surface area contributed by atoms with Crippen molar-refractivity contribution < 1.29 is 9.59 Å². The Morgan fingerprint density at radius 1 is 1.50 bits per heavy atom. The van der Waals surface area contributed by atoms with Crippen LogP contribution in [0.15, 0.2) is 23.1 Å². The van der Waals surface area contributed by atoms with Gasteiger partial charge in [0.1, 0.15) is 6.29 Å². The summed E-state index contributed by atoms with van der Waals surface area (Å²) < 4.78 is 0. The molecule has 1 aromatic carbocycles. The molecule has 2 rings (SSSR count). The number of benzene rings is 1. The molecule has 0 saturated heterocycles. The van der Waals surface area contributed by atoms with Gasteiger partial charge in [-0.25, -0.2) is 0 Å². The summed E-state index contributed by atoms with van der Waals surface area (Å²) in [5.74, 6) is -0.00972. The molecule has 0 spiro atoms. The van der Waals surface area contributed by atoms with E-state index in [0.29, 0.717) is 6.54 Å². The average molecular weight is 264 g/mol. The normalized spacial score (nSPS) is 18.7. The van der Waals surface area contributed by atoms with Crippen LogP contribution in [-0.4, -0.2) is 30.5 Å². The van der Waals surface area contributed by atoms with E-state index in [4.69, 9.17) is 5.73 Å². The molecule has 18 heavy (non-hydrogen) atoms. The first-order valence-electron chi connectivity index (χ1n) is 5.92. The fourth-order valence-electron chi connectivity index (χ4n) is 2.04. The lowest BCUT2D eigenvalue weighted by molar-refractivity contribution is -0.119. The second-order valence-corrected chi connectivity index (χ2v) is 5.60. The molecule has 1 unspecified atom stereocenters. The Morgan fingerprint density at radius 3 is 2.94 bits per heavy atom. The van der Waals surface area contributed by atoms with Gasteiger partial charge in [0.05, 0.1) is 17.5 Å². The summed E-state index contributed by atoms with van der Waals surface area (Å²) in [5, 5.41) is -0.141. The number of nitrogens with zero attached hydrogens (tertiary/aromatic N) is 1. The number of amides is 1. The molecule has 0 aromatic heterocycles. The van der Waals surface area contributed by atoms with Crippen LogP contribution in [0.4, 0.5) is 5.69 Å². The van der Waals surface area contributed by atoms with E-state index in [1.165, 1.54) is 11.8 Å². The quantitative estimate of drug-likeness (QED) is 0.830. The van der Waals surface area contributed by atoms with Crippen LogP contribution < -0.4 is 10.6 Å². The monoisotopic (exact) mass is 264 g/mol. The third-order valence-corrected chi connectivity index (χ3v) is 4.08. The van der Waals surface area contributed by atoms with E-state index in [1.54, 1.807) is 4.90 Å². The van der Waals surface area contributed by atoms with Gasteiger partial charge in [-0.1, -0.05) is 6.07 Å². The average Bonchev–Trinajstić information content (AvgIpc) is 2.36. The standard InChI is InChI=1S/C13H16N2O2S/c1-9-13(17)15(6-7-16)11-8-10(4-5-14)2-3-12(11)18-9/h2-3,7-9H,4-6,14H2,1H3. The van der Waals surface area contributed by atoms with Crippen molar-refractivity contribution in [2.24, 2.45) is 5.73 Å². The highest BCUT2D eigenvalue weighted by atomic mass is 32.2. The molecule has 0 fully saturated rings. The topological polar surface area (TPSA) is 63.4 Å². The molecule has 0 saturated carbocycles. The lowest BCUT2D eigenvalue weighted by atomic mass is 10.1. The minimum Gasteiger partial charge on any atom is -0.330 e. The predicted octanol–water partition coefficient (Wildman–Crippen LogP) is 1.21. The molecule has 1 heterocycles. The van der Waals surface area contributed by atoms with Crippen molar-refractivity contribution >= 4 is 29.6 Å². The first-order chi connectivity index (χ1) is 8.67. The van der Waals surface area contributed by atoms with Crippen LogP contribution in [0.3, 0.4) is 0 Å². The molecular formula is C13H16N2O2S. The highest BCUT2D eigenvalue weighted by Gasteiger charge is 2.30. The highest BCUT2D eigenvalue weighted by molar-refractivity contribution is 8.00. The van der Waals surface area contributed by atoms with Crippen LogP contribution in [0.25, 0.3) is 0 Å². The first-order valence-corrected chi connectivity index (χ1v) is 6.80. The molecule has 96 valence electrons. The van der Waals surface area contributed by atoms with Gasteiger partial charge in [0.2, 0.25) is 5.91 Å². The van der Waals surface area contributed by atoms with Gasteiger partial charge in [0, 0.05) is 4.90 Å². The first kappa shape index (κ1) is 13.1. The molecule has 0 radical (unpaired) electrons. The molecule has 1 aromatic rings. The molecule has 1 amide bonds. The fourth-order valence-corrected chi connectivity index (χ4v) is 3.08. The zero-order valence-electron chi connectivity index (χ0n) is 10.3. The summed E-state index contributed by atoms with van der Waals surface area (Å²) in [7, 11) is 0. The van der Waals surface area contributed by atoms with Crippen LogP contribution in [-0.2, 0) is 16.0 Å². The molecule has 4 nitrogen and oxygen atoms in total. The molecule has 1 atom stereocenters. The van der Waals surface area contributed by atoms with Crippen LogP contribution in [0, 0.1) is 0 Å². The van der Waals surface area contributed by atoms with Crippen molar-refractivity contribution in [3.05, 3.63) is 23.8 Å². The molecular weight excluding hydrogens is 248 g/mol. The summed E-state index contributed by atoms with van der Waals surface area (Å²) in [5.41, 5.74) is 7.46.